The molecule has 2 aromatic rings. The van der Waals surface area contributed by atoms with Crippen molar-refractivity contribution in [2.24, 2.45) is 10.2 Å². The Balaban J connectivity index is 2.01. The number of hydrogen-bond acceptors (Lipinski definition) is 2. The van der Waals surface area contributed by atoms with Crippen LogP contribution in [0.2, 0.25) is 0 Å². The normalized spacial score (nSPS) is 12.4. The highest BCUT2D eigenvalue weighted by molar-refractivity contribution is 5.82. The number of unbranched alkanes of at least 4 members (excludes halogenated alkanes) is 2. The van der Waals surface area contributed by atoms with E-state index in [2.05, 4.69) is 17.1 Å². The van der Waals surface area contributed by atoms with E-state index in [9.17, 15) is 22.0 Å². The molecule has 0 saturated heterocycles. The zero-order valence-electron chi connectivity index (χ0n) is 14.7. The van der Waals surface area contributed by atoms with Gasteiger partial charge in [-0.1, -0.05) is 44.0 Å². The molecule has 27 heavy (non-hydrogen) atoms. The van der Waals surface area contributed by atoms with Gasteiger partial charge in [0.05, 0.1) is 12.4 Å². The van der Waals surface area contributed by atoms with Crippen molar-refractivity contribution in [3.05, 3.63) is 70.3 Å². The first-order chi connectivity index (χ1) is 12.8. The van der Waals surface area contributed by atoms with Crippen LogP contribution in [0.5, 0.6) is 0 Å². The van der Waals surface area contributed by atoms with E-state index in [1.54, 1.807) is 0 Å². The van der Waals surface area contributed by atoms with Crippen LogP contribution in [0.15, 0.2) is 46.6 Å². The maximum Gasteiger partial charge on any atom is 0.422 e. The highest BCUT2D eigenvalue weighted by Gasteiger charge is 2.37. The molecule has 0 amide bonds. The van der Waals surface area contributed by atoms with Crippen molar-refractivity contribution in [1.82, 2.24) is 0 Å². The van der Waals surface area contributed by atoms with Gasteiger partial charge in [0.1, 0.15) is 17.2 Å². The Labute approximate surface area is 154 Å². The topological polar surface area (TPSA) is 24.7 Å². The van der Waals surface area contributed by atoms with Crippen molar-refractivity contribution < 1.29 is 22.0 Å². The summed E-state index contributed by atoms with van der Waals surface area (Å²) in [4.78, 5) is 0. The minimum Gasteiger partial charge on any atom is -0.206 e. The lowest BCUT2D eigenvalue weighted by molar-refractivity contribution is -0.142. The van der Waals surface area contributed by atoms with E-state index in [1.165, 1.54) is 18.2 Å². The van der Waals surface area contributed by atoms with E-state index >= 15 is 0 Å². The van der Waals surface area contributed by atoms with Gasteiger partial charge in [0.2, 0.25) is 0 Å². The second-order valence-electron chi connectivity index (χ2n) is 6.05. The van der Waals surface area contributed by atoms with E-state index in [1.807, 2.05) is 24.3 Å². The predicted octanol–water partition coefficient (Wildman–Crippen LogP) is 6.17. The van der Waals surface area contributed by atoms with E-state index in [0.717, 1.165) is 31.0 Å². The van der Waals surface area contributed by atoms with E-state index in [0.29, 0.717) is 12.1 Å². The minimum absolute atomic E-state index is 0.151. The van der Waals surface area contributed by atoms with Gasteiger partial charge in [0.15, 0.2) is 0 Å². The molecule has 0 bridgehead atoms. The average Bonchev–Trinajstić information content (AvgIpc) is 2.58. The fourth-order valence-corrected chi connectivity index (χ4v) is 2.49. The van der Waals surface area contributed by atoms with Crippen molar-refractivity contribution in [3.63, 3.8) is 0 Å². The molecule has 0 atom stereocenters. The first kappa shape index (κ1) is 20.7. The van der Waals surface area contributed by atoms with Gasteiger partial charge in [-0.2, -0.15) is 23.4 Å². The summed E-state index contributed by atoms with van der Waals surface area (Å²) in [7, 11) is 0. The first-order valence-corrected chi connectivity index (χ1v) is 8.53. The van der Waals surface area contributed by atoms with Gasteiger partial charge < -0.3 is 0 Å². The molecule has 0 aliphatic carbocycles. The second-order valence-corrected chi connectivity index (χ2v) is 6.05. The van der Waals surface area contributed by atoms with Gasteiger partial charge in [0, 0.05) is 5.56 Å². The van der Waals surface area contributed by atoms with Crippen LogP contribution in [0, 0.1) is 11.6 Å². The van der Waals surface area contributed by atoms with Crippen LogP contribution in [-0.4, -0.2) is 12.4 Å². The van der Waals surface area contributed by atoms with Crippen LogP contribution in [0.25, 0.3) is 0 Å². The molecular formula is C20H19F5N2. The summed E-state index contributed by atoms with van der Waals surface area (Å²) < 4.78 is 64.5. The molecule has 0 spiro atoms. The predicted molar refractivity (Wildman–Crippen MR) is 96.2 cm³/mol. The van der Waals surface area contributed by atoms with E-state index in [4.69, 9.17) is 0 Å². The van der Waals surface area contributed by atoms with Crippen LogP contribution >= 0.6 is 0 Å². The Hall–Kier alpha value is -2.57. The third-order valence-electron chi connectivity index (χ3n) is 3.88. The highest BCUT2D eigenvalue weighted by atomic mass is 19.4. The van der Waals surface area contributed by atoms with Crippen molar-refractivity contribution in [1.29, 1.82) is 0 Å². The van der Waals surface area contributed by atoms with Gasteiger partial charge in [-0.05, 0) is 36.1 Å². The number of hydrogen-bond donors (Lipinski definition) is 0. The Morgan fingerprint density at radius 1 is 0.852 bits per heavy atom. The molecule has 0 aliphatic heterocycles. The van der Waals surface area contributed by atoms with Crippen molar-refractivity contribution in [2.45, 2.75) is 38.8 Å². The zero-order valence-corrected chi connectivity index (χ0v) is 14.7. The lowest BCUT2D eigenvalue weighted by atomic mass is 10.1. The summed E-state index contributed by atoms with van der Waals surface area (Å²) in [6, 6.07) is 8.85. The summed E-state index contributed by atoms with van der Waals surface area (Å²) in [6.45, 7) is 2.15. The van der Waals surface area contributed by atoms with Crippen LogP contribution in [0.4, 0.5) is 22.0 Å². The standard InChI is InChI=1S/C20H19F5N2/c1-2-3-4-5-14-6-8-15(9-7-14)12-26-27-13-16-10-17(21)19(18(22)11-16)20(23,24)25/h6-13H,2-5H2,1H3. The van der Waals surface area contributed by atoms with Crippen LogP contribution in [0.1, 0.15) is 48.4 Å². The number of halogens is 5. The van der Waals surface area contributed by atoms with E-state index < -0.39 is 23.4 Å². The first-order valence-electron chi connectivity index (χ1n) is 8.53. The molecule has 0 radical (unpaired) electrons. The smallest absolute Gasteiger partial charge is 0.206 e. The molecule has 2 rings (SSSR count). The molecule has 2 aromatic carbocycles. The second kappa shape index (κ2) is 9.39. The molecule has 0 aliphatic rings. The summed E-state index contributed by atoms with van der Waals surface area (Å²) in [6.07, 6.45) is 1.83. The maximum atomic E-state index is 13.5. The Bertz CT molecular complexity index is 785. The lowest BCUT2D eigenvalue weighted by Gasteiger charge is -2.09. The maximum absolute atomic E-state index is 13.5. The molecule has 144 valence electrons. The van der Waals surface area contributed by atoms with Gasteiger partial charge in [-0.25, -0.2) is 8.78 Å². The average molecular weight is 382 g/mol. The molecule has 0 N–H and O–H groups in total. The van der Waals surface area contributed by atoms with Gasteiger partial charge in [-0.3, -0.25) is 0 Å². The minimum atomic E-state index is -5.09. The Kier molecular flexibility index (Phi) is 7.21. The molecular weight excluding hydrogens is 363 g/mol. The lowest BCUT2D eigenvalue weighted by Crippen LogP contribution is -2.11. The fraction of sp³-hybridized carbons (Fsp3) is 0.300. The third-order valence-corrected chi connectivity index (χ3v) is 3.88. The molecule has 0 aromatic heterocycles. The molecule has 7 heteroatoms. The fourth-order valence-electron chi connectivity index (χ4n) is 2.49. The number of nitrogens with zero attached hydrogens (tertiary/aromatic N) is 2. The Morgan fingerprint density at radius 2 is 1.41 bits per heavy atom. The number of rotatable bonds is 7. The molecule has 0 saturated carbocycles. The van der Waals surface area contributed by atoms with E-state index in [-0.39, 0.29) is 5.56 Å². The number of alkyl halides is 3. The molecule has 0 heterocycles. The largest absolute Gasteiger partial charge is 0.422 e. The van der Waals surface area contributed by atoms with Crippen molar-refractivity contribution in [2.75, 3.05) is 0 Å². The highest BCUT2D eigenvalue weighted by Crippen LogP contribution is 2.33. The molecule has 0 fully saturated rings. The summed E-state index contributed by atoms with van der Waals surface area (Å²) in [5.74, 6) is -3.38. The van der Waals surface area contributed by atoms with Gasteiger partial charge >= 0.3 is 6.18 Å². The molecule has 2 nitrogen and oxygen atoms in total. The quantitative estimate of drug-likeness (QED) is 0.237. The summed E-state index contributed by atoms with van der Waals surface area (Å²) in [5.41, 5.74) is -0.0559. The van der Waals surface area contributed by atoms with Crippen molar-refractivity contribution in [3.8, 4) is 0 Å². The summed E-state index contributed by atoms with van der Waals surface area (Å²) in [5, 5.41) is 7.37. The van der Waals surface area contributed by atoms with Gasteiger partial charge in [-0.15, -0.1) is 0 Å². The molecule has 0 unspecified atom stereocenters. The van der Waals surface area contributed by atoms with Crippen LogP contribution in [0.3, 0.4) is 0 Å². The van der Waals surface area contributed by atoms with Crippen molar-refractivity contribution >= 4 is 12.4 Å². The van der Waals surface area contributed by atoms with Crippen LogP contribution < -0.4 is 0 Å². The third kappa shape index (κ3) is 6.27. The Morgan fingerprint density at radius 3 is 1.93 bits per heavy atom. The monoisotopic (exact) mass is 382 g/mol. The zero-order chi connectivity index (χ0) is 19.9. The number of aryl methyl sites for hydroxylation is 1. The summed E-state index contributed by atoms with van der Waals surface area (Å²) >= 11 is 0. The number of benzene rings is 2. The van der Waals surface area contributed by atoms with Gasteiger partial charge in [0.25, 0.3) is 0 Å². The van der Waals surface area contributed by atoms with Crippen LogP contribution in [-0.2, 0) is 12.6 Å². The SMILES string of the molecule is CCCCCc1ccc(C=NN=Cc2cc(F)c(C(F)(F)F)c(F)c2)cc1.